The molecule has 0 bridgehead atoms. The van der Waals surface area contributed by atoms with Crippen LogP contribution in [0.4, 0.5) is 0 Å². The van der Waals surface area contributed by atoms with E-state index in [1.165, 1.54) is 31.5 Å². The fourth-order valence-corrected chi connectivity index (χ4v) is 2.70. The average molecular weight is 316 g/mol. The SMILES string of the molecule is CN1CCC(c2ccc(Cl)cc2)CC1.COCCSC. The largest absolute Gasteiger partial charge is 0.384 e. The number of benzene rings is 1. The van der Waals surface area contributed by atoms with Gasteiger partial charge in [-0.05, 0) is 62.8 Å². The summed E-state index contributed by atoms with van der Waals surface area (Å²) in [5.41, 5.74) is 1.45. The van der Waals surface area contributed by atoms with Crippen molar-refractivity contribution in [3.8, 4) is 0 Å². The number of piperidine rings is 1. The first-order chi connectivity index (χ1) is 9.67. The van der Waals surface area contributed by atoms with E-state index in [1.807, 2.05) is 12.1 Å². The molecular weight excluding hydrogens is 290 g/mol. The minimum absolute atomic E-state index is 0.739. The standard InChI is InChI=1S/C12H16ClN.C4H10OS/c1-14-8-6-11(7-9-14)10-2-4-12(13)5-3-10;1-5-3-4-6-2/h2-5,11H,6-9H2,1H3;3-4H2,1-2H3. The Bertz CT molecular complexity index is 346. The third-order valence-electron chi connectivity index (χ3n) is 3.55. The van der Waals surface area contributed by atoms with Gasteiger partial charge in [-0.1, -0.05) is 23.7 Å². The van der Waals surface area contributed by atoms with E-state index in [4.69, 9.17) is 16.3 Å². The van der Waals surface area contributed by atoms with Gasteiger partial charge < -0.3 is 9.64 Å². The van der Waals surface area contributed by atoms with Crippen LogP contribution in [0.1, 0.15) is 24.3 Å². The van der Waals surface area contributed by atoms with Gasteiger partial charge in [0, 0.05) is 17.9 Å². The van der Waals surface area contributed by atoms with E-state index in [-0.39, 0.29) is 0 Å². The first kappa shape index (κ1) is 17.8. The molecule has 0 spiro atoms. The van der Waals surface area contributed by atoms with Gasteiger partial charge in [-0.3, -0.25) is 0 Å². The molecule has 1 fully saturated rings. The van der Waals surface area contributed by atoms with Crippen LogP contribution in [0.5, 0.6) is 0 Å². The Labute approximate surface area is 132 Å². The van der Waals surface area contributed by atoms with Gasteiger partial charge in [0.15, 0.2) is 0 Å². The predicted octanol–water partition coefficient (Wildman–Crippen LogP) is 4.15. The van der Waals surface area contributed by atoms with Gasteiger partial charge in [0.1, 0.15) is 0 Å². The number of hydrogen-bond acceptors (Lipinski definition) is 3. The fraction of sp³-hybridized carbons (Fsp3) is 0.625. The molecule has 1 saturated heterocycles. The van der Waals surface area contributed by atoms with Crippen LogP contribution in [-0.2, 0) is 4.74 Å². The molecule has 1 aromatic carbocycles. The van der Waals surface area contributed by atoms with Crippen molar-refractivity contribution in [3.63, 3.8) is 0 Å². The molecule has 4 heteroatoms. The highest BCUT2D eigenvalue weighted by Crippen LogP contribution is 2.28. The third-order valence-corrected chi connectivity index (χ3v) is 4.38. The van der Waals surface area contributed by atoms with Crippen LogP contribution in [0.2, 0.25) is 5.02 Å². The first-order valence-electron chi connectivity index (χ1n) is 7.09. The maximum absolute atomic E-state index is 5.87. The summed E-state index contributed by atoms with van der Waals surface area (Å²) >= 11 is 7.67. The highest BCUT2D eigenvalue weighted by molar-refractivity contribution is 7.98. The lowest BCUT2D eigenvalue weighted by molar-refractivity contribution is 0.219. The summed E-state index contributed by atoms with van der Waals surface area (Å²) in [4.78, 5) is 2.40. The Morgan fingerprint density at radius 1 is 1.25 bits per heavy atom. The van der Waals surface area contributed by atoms with Gasteiger partial charge in [0.25, 0.3) is 0 Å². The summed E-state index contributed by atoms with van der Waals surface area (Å²) in [6.07, 6.45) is 4.62. The monoisotopic (exact) mass is 315 g/mol. The number of rotatable bonds is 4. The molecule has 1 aromatic rings. The quantitative estimate of drug-likeness (QED) is 0.775. The average Bonchev–Trinajstić information content (AvgIpc) is 2.47. The molecule has 2 rings (SSSR count). The van der Waals surface area contributed by atoms with E-state index in [1.54, 1.807) is 18.9 Å². The second-order valence-corrected chi connectivity index (χ2v) is 6.54. The Morgan fingerprint density at radius 3 is 2.30 bits per heavy atom. The van der Waals surface area contributed by atoms with E-state index >= 15 is 0 Å². The zero-order chi connectivity index (χ0) is 14.8. The van der Waals surface area contributed by atoms with Crippen molar-refractivity contribution in [1.82, 2.24) is 4.90 Å². The minimum Gasteiger partial charge on any atom is -0.384 e. The Morgan fingerprint density at radius 2 is 1.85 bits per heavy atom. The molecule has 114 valence electrons. The molecule has 1 aliphatic rings. The molecule has 0 unspecified atom stereocenters. The van der Waals surface area contributed by atoms with Gasteiger partial charge in [-0.2, -0.15) is 11.8 Å². The maximum atomic E-state index is 5.87. The van der Waals surface area contributed by atoms with Crippen molar-refractivity contribution in [2.45, 2.75) is 18.8 Å². The summed E-state index contributed by atoms with van der Waals surface area (Å²) in [6.45, 7) is 3.31. The molecule has 2 nitrogen and oxygen atoms in total. The van der Waals surface area contributed by atoms with Crippen molar-refractivity contribution in [2.24, 2.45) is 0 Å². The lowest BCUT2D eigenvalue weighted by Crippen LogP contribution is -2.29. The lowest BCUT2D eigenvalue weighted by atomic mass is 9.90. The zero-order valence-electron chi connectivity index (χ0n) is 12.8. The van der Waals surface area contributed by atoms with Crippen LogP contribution in [0, 0.1) is 0 Å². The number of likely N-dealkylation sites (tertiary alicyclic amines) is 1. The Hall–Kier alpha value is -0.220. The molecule has 0 radical (unpaired) electrons. The van der Waals surface area contributed by atoms with E-state index < -0.39 is 0 Å². The number of nitrogens with zero attached hydrogens (tertiary/aromatic N) is 1. The van der Waals surface area contributed by atoms with Crippen molar-refractivity contribution in [3.05, 3.63) is 34.9 Å². The molecule has 1 aliphatic heterocycles. The topological polar surface area (TPSA) is 12.5 Å². The predicted molar refractivity (Wildman–Crippen MR) is 91.2 cm³/mol. The van der Waals surface area contributed by atoms with Crippen LogP contribution in [-0.4, -0.2) is 50.8 Å². The molecule has 1 heterocycles. The Balaban J connectivity index is 0.000000286. The molecule has 0 aromatic heterocycles. The van der Waals surface area contributed by atoms with Gasteiger partial charge in [-0.15, -0.1) is 0 Å². The van der Waals surface area contributed by atoms with Crippen molar-refractivity contribution >= 4 is 23.4 Å². The van der Waals surface area contributed by atoms with Crippen LogP contribution in [0.3, 0.4) is 0 Å². The minimum atomic E-state index is 0.739. The first-order valence-corrected chi connectivity index (χ1v) is 8.86. The molecule has 0 aliphatic carbocycles. The zero-order valence-corrected chi connectivity index (χ0v) is 14.3. The normalized spacial score (nSPS) is 16.6. The summed E-state index contributed by atoms with van der Waals surface area (Å²) < 4.78 is 4.76. The molecule has 0 atom stereocenters. The van der Waals surface area contributed by atoms with Gasteiger partial charge in [0.2, 0.25) is 0 Å². The summed E-state index contributed by atoms with van der Waals surface area (Å²) in [6, 6.07) is 8.32. The maximum Gasteiger partial charge on any atom is 0.0552 e. The van der Waals surface area contributed by atoms with Crippen molar-refractivity contribution in [2.75, 3.05) is 45.9 Å². The van der Waals surface area contributed by atoms with Crippen LogP contribution >= 0.6 is 23.4 Å². The third kappa shape index (κ3) is 6.98. The van der Waals surface area contributed by atoms with Crippen LogP contribution < -0.4 is 0 Å². The van der Waals surface area contributed by atoms with Crippen molar-refractivity contribution < 1.29 is 4.74 Å². The highest BCUT2D eigenvalue weighted by atomic mass is 35.5. The molecular formula is C16H26ClNOS. The summed E-state index contributed by atoms with van der Waals surface area (Å²) in [5.74, 6) is 1.85. The van der Waals surface area contributed by atoms with Crippen LogP contribution in [0.15, 0.2) is 24.3 Å². The van der Waals surface area contributed by atoms with Gasteiger partial charge in [-0.25, -0.2) is 0 Å². The number of ether oxygens (including phenoxy) is 1. The van der Waals surface area contributed by atoms with E-state index in [0.717, 1.165) is 23.3 Å². The Kier molecular flexibility index (Phi) is 9.36. The molecule has 0 N–H and O–H groups in total. The highest BCUT2D eigenvalue weighted by Gasteiger charge is 2.17. The smallest absolute Gasteiger partial charge is 0.0552 e. The summed E-state index contributed by atoms with van der Waals surface area (Å²) in [5, 5.41) is 0.835. The molecule has 0 saturated carbocycles. The summed E-state index contributed by atoms with van der Waals surface area (Å²) in [7, 11) is 3.91. The second kappa shape index (κ2) is 10.5. The van der Waals surface area contributed by atoms with E-state index in [0.29, 0.717) is 0 Å². The van der Waals surface area contributed by atoms with E-state index in [9.17, 15) is 0 Å². The number of hydrogen-bond donors (Lipinski definition) is 0. The molecule has 0 amide bonds. The number of thioether (sulfide) groups is 1. The van der Waals surface area contributed by atoms with Gasteiger partial charge >= 0.3 is 0 Å². The molecule has 20 heavy (non-hydrogen) atoms. The van der Waals surface area contributed by atoms with Crippen LogP contribution in [0.25, 0.3) is 0 Å². The number of methoxy groups -OCH3 is 1. The number of halogens is 1. The lowest BCUT2D eigenvalue weighted by Gasteiger charge is -2.29. The second-order valence-electron chi connectivity index (χ2n) is 5.11. The van der Waals surface area contributed by atoms with Crippen molar-refractivity contribution in [1.29, 1.82) is 0 Å². The fourth-order valence-electron chi connectivity index (χ4n) is 2.24. The van der Waals surface area contributed by atoms with Gasteiger partial charge in [0.05, 0.1) is 6.61 Å². The van der Waals surface area contributed by atoms with E-state index in [2.05, 4.69) is 30.3 Å².